The molecule has 8 atom stereocenters. The molecule has 288 valence electrons. The molecular weight excluding hydrogens is 703 g/mol. The lowest BCUT2D eigenvalue weighted by Gasteiger charge is -2.61. The third-order valence-corrected chi connectivity index (χ3v) is 21.0. The molecule has 10 aliphatic rings. The Bertz CT molecular complexity index is 3100. The first-order chi connectivity index (χ1) is 28.1. The average Bonchev–Trinajstić information content (AvgIpc) is 3.86. The predicted octanol–water partition coefficient (Wildman–Crippen LogP) is 13.6. The standard InChI is InChI=1S/C55H53N3/c1-52(2)36-12-8-6-10-34(36)42-46-44-38(24-56-49-29-17-26-14-27(18-29)16-28(15-26)40(44)49)58-39-25-57-50-31-20-33-21-32-19-30(22-55(32,33)23-31)41(50)45(39)47(51(46)58)43-35-11-7-9-13-37(35)53(3,4)54(52,5)48(42)43/h6-13,24-33H,14-23H2,1-5H3. The van der Waals surface area contributed by atoms with Gasteiger partial charge in [0.15, 0.2) is 0 Å². The van der Waals surface area contributed by atoms with Crippen LogP contribution in [0.1, 0.15) is 162 Å². The molecule has 3 nitrogen and oxygen atoms in total. The van der Waals surface area contributed by atoms with E-state index in [4.69, 9.17) is 9.97 Å². The molecule has 3 heteroatoms. The summed E-state index contributed by atoms with van der Waals surface area (Å²) in [6.07, 6.45) is 18.6. The molecule has 10 aliphatic carbocycles. The van der Waals surface area contributed by atoms with Crippen LogP contribution >= 0.6 is 0 Å². The van der Waals surface area contributed by atoms with E-state index in [1.165, 1.54) is 114 Å². The fourth-order valence-corrected chi connectivity index (χ4v) is 18.6. The van der Waals surface area contributed by atoms with E-state index in [1.807, 2.05) is 0 Å². The van der Waals surface area contributed by atoms with Crippen molar-refractivity contribution in [2.24, 2.45) is 29.1 Å². The van der Waals surface area contributed by atoms with Crippen molar-refractivity contribution in [3.63, 3.8) is 0 Å². The fraction of sp³-hybridized carbons (Fsp3) is 0.491. The van der Waals surface area contributed by atoms with Gasteiger partial charge in [0, 0.05) is 61.0 Å². The predicted molar refractivity (Wildman–Crippen MR) is 234 cm³/mol. The molecule has 7 aromatic rings. The lowest BCUT2D eigenvalue weighted by atomic mass is 9.41. The summed E-state index contributed by atoms with van der Waals surface area (Å²) in [6, 6.07) is 19.3. The number of pyridine rings is 2. The Kier molecular flexibility index (Phi) is 5.12. The molecule has 4 aromatic heterocycles. The maximum atomic E-state index is 5.71. The van der Waals surface area contributed by atoms with Gasteiger partial charge in [-0.2, -0.15) is 0 Å². The molecule has 0 saturated heterocycles. The number of hydrogen-bond acceptors (Lipinski definition) is 2. The molecule has 0 aliphatic heterocycles. The lowest BCUT2D eigenvalue weighted by Crippen LogP contribution is -2.58. The molecule has 1 spiro atoms. The van der Waals surface area contributed by atoms with E-state index in [-0.39, 0.29) is 16.2 Å². The highest BCUT2D eigenvalue weighted by Gasteiger charge is 2.67. The van der Waals surface area contributed by atoms with Gasteiger partial charge in [-0.1, -0.05) is 83.1 Å². The van der Waals surface area contributed by atoms with Crippen LogP contribution in [-0.4, -0.2) is 14.4 Å². The second-order valence-corrected chi connectivity index (χ2v) is 23.1. The minimum absolute atomic E-state index is 0.119. The van der Waals surface area contributed by atoms with E-state index in [2.05, 4.69) is 99.9 Å². The average molecular weight is 756 g/mol. The molecule has 5 fully saturated rings. The van der Waals surface area contributed by atoms with Gasteiger partial charge < -0.3 is 4.40 Å². The van der Waals surface area contributed by atoms with Crippen LogP contribution in [0, 0.1) is 29.1 Å². The second-order valence-electron chi connectivity index (χ2n) is 23.1. The summed E-state index contributed by atoms with van der Waals surface area (Å²) in [5.74, 6) is 6.02. The van der Waals surface area contributed by atoms with Gasteiger partial charge in [-0.15, -0.1) is 0 Å². The van der Waals surface area contributed by atoms with E-state index in [0.29, 0.717) is 29.1 Å². The van der Waals surface area contributed by atoms with Crippen LogP contribution in [-0.2, 0) is 16.2 Å². The van der Waals surface area contributed by atoms with E-state index in [1.54, 1.807) is 49.4 Å². The molecule has 3 aromatic carbocycles. The zero-order valence-corrected chi connectivity index (χ0v) is 34.8. The Morgan fingerprint density at radius 2 is 1.05 bits per heavy atom. The van der Waals surface area contributed by atoms with Crippen LogP contribution in [0.5, 0.6) is 0 Å². The van der Waals surface area contributed by atoms with Gasteiger partial charge in [-0.05, 0) is 155 Å². The third kappa shape index (κ3) is 3.03. The number of rotatable bonds is 0. The van der Waals surface area contributed by atoms with Gasteiger partial charge >= 0.3 is 0 Å². The molecule has 8 unspecified atom stereocenters. The molecule has 58 heavy (non-hydrogen) atoms. The first kappa shape index (κ1) is 31.7. The number of fused-ring (bicyclic) bond motifs is 18. The molecule has 0 N–H and O–H groups in total. The Morgan fingerprint density at radius 3 is 1.67 bits per heavy atom. The van der Waals surface area contributed by atoms with Crippen molar-refractivity contribution >= 4 is 38.1 Å². The Hall–Kier alpha value is -4.24. The highest BCUT2D eigenvalue weighted by Crippen LogP contribution is 2.77. The van der Waals surface area contributed by atoms with Crippen molar-refractivity contribution in [2.45, 2.75) is 139 Å². The lowest BCUT2D eigenvalue weighted by molar-refractivity contribution is 0.00321. The van der Waals surface area contributed by atoms with Crippen LogP contribution < -0.4 is 0 Å². The Labute approximate surface area is 341 Å². The molecule has 0 radical (unpaired) electrons. The monoisotopic (exact) mass is 755 g/mol. The topological polar surface area (TPSA) is 30.2 Å². The summed E-state index contributed by atoms with van der Waals surface area (Å²) in [5, 5.41) is 6.24. The highest BCUT2D eigenvalue weighted by atomic mass is 15.0. The first-order valence-corrected chi connectivity index (χ1v) is 23.4. The maximum Gasteiger partial charge on any atom is 0.0728 e. The van der Waals surface area contributed by atoms with Crippen molar-refractivity contribution in [3.05, 3.63) is 100 Å². The number of hydrogen-bond donors (Lipinski definition) is 0. The van der Waals surface area contributed by atoms with Gasteiger partial charge in [-0.3, -0.25) is 9.97 Å². The summed E-state index contributed by atoms with van der Waals surface area (Å²) >= 11 is 0. The van der Waals surface area contributed by atoms with Crippen molar-refractivity contribution in [3.8, 4) is 22.3 Å². The van der Waals surface area contributed by atoms with E-state index >= 15 is 0 Å². The summed E-state index contributed by atoms with van der Waals surface area (Å²) in [5.41, 5.74) is 21.3. The summed E-state index contributed by atoms with van der Waals surface area (Å²) < 4.78 is 2.76. The SMILES string of the molecule is CC1(C)c2ccccc2-c2c3c(c4c5c6c(ncc5n5c7cnc8c(c7c2c45)C2CC4CC(CC8C4)C2)C2CC4CC5CC6CC45C2)-c2ccccc2C(C)(C)C31C. The molecule has 5 saturated carbocycles. The molecule has 4 heterocycles. The highest BCUT2D eigenvalue weighted by molar-refractivity contribution is 6.33. The number of benzene rings is 3. The van der Waals surface area contributed by atoms with Crippen LogP contribution in [0.2, 0.25) is 0 Å². The zero-order valence-electron chi connectivity index (χ0n) is 34.8. The van der Waals surface area contributed by atoms with Gasteiger partial charge in [-0.25, -0.2) is 0 Å². The molecule has 7 bridgehead atoms. The van der Waals surface area contributed by atoms with Crippen LogP contribution in [0.15, 0.2) is 60.9 Å². The molecule has 0 amide bonds. The third-order valence-electron chi connectivity index (χ3n) is 21.0. The summed E-state index contributed by atoms with van der Waals surface area (Å²) in [4.78, 5) is 11.4. The quantitative estimate of drug-likeness (QED) is 0.154. The molecule has 17 rings (SSSR count). The van der Waals surface area contributed by atoms with Crippen LogP contribution in [0.25, 0.3) is 60.3 Å². The number of nitrogens with zero attached hydrogens (tertiary/aromatic N) is 3. The van der Waals surface area contributed by atoms with Crippen molar-refractivity contribution in [2.75, 3.05) is 0 Å². The van der Waals surface area contributed by atoms with Crippen molar-refractivity contribution < 1.29 is 0 Å². The Morgan fingerprint density at radius 1 is 0.534 bits per heavy atom. The van der Waals surface area contributed by atoms with E-state index in [9.17, 15) is 0 Å². The largest absolute Gasteiger partial charge is 0.305 e. The summed E-state index contributed by atoms with van der Waals surface area (Å²) in [7, 11) is 0. The second kappa shape index (κ2) is 9.38. The van der Waals surface area contributed by atoms with Gasteiger partial charge in [0.25, 0.3) is 0 Å². The summed E-state index contributed by atoms with van der Waals surface area (Å²) in [6.45, 7) is 13.1. The van der Waals surface area contributed by atoms with Crippen LogP contribution in [0.3, 0.4) is 0 Å². The van der Waals surface area contributed by atoms with Crippen LogP contribution in [0.4, 0.5) is 0 Å². The van der Waals surface area contributed by atoms with Crippen molar-refractivity contribution in [1.29, 1.82) is 0 Å². The normalized spacial score (nSPS) is 36.8. The zero-order chi connectivity index (χ0) is 38.1. The fourth-order valence-electron chi connectivity index (χ4n) is 18.6. The van der Waals surface area contributed by atoms with Gasteiger partial charge in [0.2, 0.25) is 0 Å². The van der Waals surface area contributed by atoms with E-state index < -0.39 is 0 Å². The van der Waals surface area contributed by atoms with E-state index in [0.717, 1.165) is 23.7 Å². The minimum Gasteiger partial charge on any atom is -0.305 e. The first-order valence-electron chi connectivity index (χ1n) is 23.4. The number of aromatic nitrogens is 3. The van der Waals surface area contributed by atoms with Gasteiger partial charge in [0.05, 0.1) is 28.9 Å². The Balaban J connectivity index is 1.20. The smallest absolute Gasteiger partial charge is 0.0728 e. The minimum atomic E-state index is -0.182. The van der Waals surface area contributed by atoms with Gasteiger partial charge in [0.1, 0.15) is 0 Å². The molecular formula is C55H53N3. The van der Waals surface area contributed by atoms with Crippen molar-refractivity contribution in [1.82, 2.24) is 14.4 Å². The maximum absolute atomic E-state index is 5.71.